The Bertz CT molecular complexity index is 384. The lowest BCUT2D eigenvalue weighted by molar-refractivity contribution is 0.244. The predicted octanol–water partition coefficient (Wildman–Crippen LogP) is 2.48. The van der Waals surface area contributed by atoms with E-state index in [2.05, 4.69) is 41.4 Å². The van der Waals surface area contributed by atoms with Crippen molar-refractivity contribution in [2.24, 2.45) is 5.92 Å². The highest BCUT2D eigenvalue weighted by atomic mass is 15.1. The van der Waals surface area contributed by atoms with E-state index in [4.69, 9.17) is 0 Å². The molecule has 1 heterocycles. The molecule has 1 aliphatic carbocycles. The topological polar surface area (TPSA) is 15.3 Å². The zero-order valence-electron chi connectivity index (χ0n) is 12.1. The van der Waals surface area contributed by atoms with Crippen LogP contribution in [0.1, 0.15) is 30.9 Å². The number of nitrogens with zero attached hydrogens (tertiary/aromatic N) is 1. The lowest BCUT2D eigenvalue weighted by Crippen LogP contribution is -2.35. The Kier molecular flexibility index (Phi) is 4.19. The second-order valence-corrected chi connectivity index (χ2v) is 6.36. The number of benzene rings is 1. The van der Waals surface area contributed by atoms with Gasteiger partial charge in [-0.25, -0.2) is 0 Å². The molecule has 1 N–H and O–H groups in total. The molecule has 1 unspecified atom stereocenters. The van der Waals surface area contributed by atoms with Gasteiger partial charge >= 0.3 is 0 Å². The van der Waals surface area contributed by atoms with Crippen LogP contribution in [0.25, 0.3) is 0 Å². The Morgan fingerprint density at radius 3 is 2.37 bits per heavy atom. The fourth-order valence-electron chi connectivity index (χ4n) is 3.06. The number of hydrogen-bond acceptors (Lipinski definition) is 2. The molecule has 1 aromatic rings. The van der Waals surface area contributed by atoms with Gasteiger partial charge in [0.25, 0.3) is 0 Å². The van der Waals surface area contributed by atoms with Gasteiger partial charge in [0.2, 0.25) is 0 Å². The summed E-state index contributed by atoms with van der Waals surface area (Å²) in [6.45, 7) is 7.27. The molecule has 1 fully saturated rings. The van der Waals surface area contributed by atoms with Gasteiger partial charge < -0.3 is 10.2 Å². The molecule has 0 aromatic heterocycles. The summed E-state index contributed by atoms with van der Waals surface area (Å²) in [6, 6.07) is 9.80. The number of hydrogen-bond donors (Lipinski definition) is 1. The third-order valence-electron chi connectivity index (χ3n) is 4.42. The average molecular weight is 258 g/mol. The first-order valence-corrected chi connectivity index (χ1v) is 7.84. The third-order valence-corrected chi connectivity index (χ3v) is 4.42. The summed E-state index contributed by atoms with van der Waals surface area (Å²) in [6.07, 6.45) is 5.23. The van der Waals surface area contributed by atoms with E-state index in [-0.39, 0.29) is 0 Å². The van der Waals surface area contributed by atoms with E-state index in [9.17, 15) is 0 Å². The van der Waals surface area contributed by atoms with Crippen LogP contribution in [0.4, 0.5) is 0 Å². The molecule has 0 saturated heterocycles. The van der Waals surface area contributed by atoms with E-state index >= 15 is 0 Å². The first-order chi connectivity index (χ1) is 9.31. The maximum Gasteiger partial charge on any atom is 0.00683 e. The maximum absolute atomic E-state index is 3.65. The summed E-state index contributed by atoms with van der Waals surface area (Å²) in [7, 11) is 0. The Hall–Kier alpha value is -0.860. The molecule has 0 spiro atoms. The van der Waals surface area contributed by atoms with Crippen molar-refractivity contribution in [1.29, 1.82) is 0 Å². The van der Waals surface area contributed by atoms with Crippen LogP contribution in [-0.4, -0.2) is 37.1 Å². The molecule has 104 valence electrons. The van der Waals surface area contributed by atoms with Gasteiger partial charge in [-0.3, -0.25) is 0 Å². The molecule has 0 bridgehead atoms. The fraction of sp³-hybridized carbons (Fsp3) is 0.647. The Balaban J connectivity index is 1.47. The predicted molar refractivity (Wildman–Crippen MR) is 80.5 cm³/mol. The molecule has 1 saturated carbocycles. The third kappa shape index (κ3) is 3.80. The Labute approximate surface area is 117 Å². The van der Waals surface area contributed by atoms with Gasteiger partial charge in [0.15, 0.2) is 0 Å². The molecule has 1 atom stereocenters. The van der Waals surface area contributed by atoms with Crippen LogP contribution >= 0.6 is 0 Å². The average Bonchev–Trinajstić information content (AvgIpc) is 3.24. The van der Waals surface area contributed by atoms with Gasteiger partial charge in [-0.15, -0.1) is 0 Å². The quantitative estimate of drug-likeness (QED) is 0.873. The van der Waals surface area contributed by atoms with Crippen LogP contribution in [0.2, 0.25) is 0 Å². The van der Waals surface area contributed by atoms with Gasteiger partial charge in [-0.1, -0.05) is 31.2 Å². The smallest absolute Gasteiger partial charge is 0.00683 e. The summed E-state index contributed by atoms with van der Waals surface area (Å²) >= 11 is 0. The minimum absolute atomic E-state index is 0.766. The number of fused-ring (bicyclic) bond motifs is 1. The molecular weight excluding hydrogens is 232 g/mol. The fourth-order valence-corrected chi connectivity index (χ4v) is 3.06. The van der Waals surface area contributed by atoms with Crippen LogP contribution in [0.3, 0.4) is 0 Å². The molecule has 1 aromatic carbocycles. The molecule has 3 rings (SSSR count). The van der Waals surface area contributed by atoms with Crippen LogP contribution in [0.15, 0.2) is 24.3 Å². The SMILES string of the molecule is CC(CNC1CC1)CN1CCc2ccccc2CC1. The molecule has 2 nitrogen and oxygen atoms in total. The second-order valence-electron chi connectivity index (χ2n) is 6.36. The molecule has 1 aliphatic heterocycles. The summed E-state index contributed by atoms with van der Waals surface area (Å²) in [5.74, 6) is 0.766. The van der Waals surface area contributed by atoms with Crippen LogP contribution in [0.5, 0.6) is 0 Å². The highest BCUT2D eigenvalue weighted by molar-refractivity contribution is 5.28. The van der Waals surface area contributed by atoms with Gasteiger partial charge in [0, 0.05) is 25.7 Å². The summed E-state index contributed by atoms with van der Waals surface area (Å²) in [5.41, 5.74) is 3.13. The van der Waals surface area contributed by atoms with E-state index in [0.29, 0.717) is 0 Å². The minimum atomic E-state index is 0.766. The normalized spacial score (nSPS) is 21.7. The zero-order chi connectivity index (χ0) is 13.1. The van der Waals surface area contributed by atoms with Crippen molar-refractivity contribution in [2.45, 2.75) is 38.6 Å². The van der Waals surface area contributed by atoms with Crippen molar-refractivity contribution >= 4 is 0 Å². The van der Waals surface area contributed by atoms with Crippen molar-refractivity contribution in [3.63, 3.8) is 0 Å². The second kappa shape index (κ2) is 6.06. The van der Waals surface area contributed by atoms with E-state index in [0.717, 1.165) is 12.0 Å². The van der Waals surface area contributed by atoms with Gasteiger partial charge in [-0.2, -0.15) is 0 Å². The van der Waals surface area contributed by atoms with E-state index in [1.165, 1.54) is 51.9 Å². The minimum Gasteiger partial charge on any atom is -0.314 e. The van der Waals surface area contributed by atoms with Crippen molar-refractivity contribution < 1.29 is 0 Å². The molecule has 0 amide bonds. The lowest BCUT2D eigenvalue weighted by Gasteiger charge is -2.24. The van der Waals surface area contributed by atoms with Crippen molar-refractivity contribution in [3.8, 4) is 0 Å². The molecule has 19 heavy (non-hydrogen) atoms. The lowest BCUT2D eigenvalue weighted by atomic mass is 10.0. The van der Waals surface area contributed by atoms with E-state index < -0.39 is 0 Å². The summed E-state index contributed by atoms with van der Waals surface area (Å²) in [4.78, 5) is 2.65. The largest absolute Gasteiger partial charge is 0.314 e. The molecule has 2 aliphatic rings. The summed E-state index contributed by atoms with van der Waals surface area (Å²) in [5, 5.41) is 3.65. The molecule has 0 radical (unpaired) electrons. The van der Waals surface area contributed by atoms with Gasteiger partial charge in [0.1, 0.15) is 0 Å². The highest BCUT2D eigenvalue weighted by Crippen LogP contribution is 2.19. The number of nitrogens with one attached hydrogen (secondary N) is 1. The van der Waals surface area contributed by atoms with Crippen molar-refractivity contribution in [3.05, 3.63) is 35.4 Å². The Morgan fingerprint density at radius 2 is 1.79 bits per heavy atom. The van der Waals surface area contributed by atoms with E-state index in [1.807, 2.05) is 0 Å². The van der Waals surface area contributed by atoms with Crippen LogP contribution in [-0.2, 0) is 12.8 Å². The molecule has 2 heteroatoms. The monoisotopic (exact) mass is 258 g/mol. The standard InChI is InChI=1S/C17H26N2/c1-14(12-18-17-6-7-17)13-19-10-8-15-4-2-3-5-16(15)9-11-19/h2-5,14,17-18H,6-13H2,1H3. The zero-order valence-corrected chi connectivity index (χ0v) is 12.1. The van der Waals surface area contributed by atoms with Crippen molar-refractivity contribution in [2.75, 3.05) is 26.2 Å². The van der Waals surface area contributed by atoms with Crippen LogP contribution < -0.4 is 5.32 Å². The molecular formula is C17H26N2. The summed E-state index contributed by atoms with van der Waals surface area (Å²) < 4.78 is 0. The first kappa shape index (κ1) is 13.1. The van der Waals surface area contributed by atoms with Crippen molar-refractivity contribution in [1.82, 2.24) is 10.2 Å². The van der Waals surface area contributed by atoms with Gasteiger partial charge in [-0.05, 0) is 49.3 Å². The van der Waals surface area contributed by atoms with Gasteiger partial charge in [0.05, 0.1) is 0 Å². The highest BCUT2D eigenvalue weighted by Gasteiger charge is 2.21. The Morgan fingerprint density at radius 1 is 1.16 bits per heavy atom. The number of rotatable bonds is 5. The maximum atomic E-state index is 3.65. The first-order valence-electron chi connectivity index (χ1n) is 7.84. The van der Waals surface area contributed by atoms with E-state index in [1.54, 1.807) is 11.1 Å². The van der Waals surface area contributed by atoms with Crippen LogP contribution in [0, 0.1) is 5.92 Å².